The summed E-state index contributed by atoms with van der Waals surface area (Å²) >= 11 is 13.5. The zero-order chi connectivity index (χ0) is 31.2. The van der Waals surface area contributed by atoms with E-state index in [0.29, 0.717) is 78.1 Å². The number of fused-ring (bicyclic) bond motifs is 1. The van der Waals surface area contributed by atoms with E-state index < -0.39 is 0 Å². The van der Waals surface area contributed by atoms with Crippen molar-refractivity contribution in [3.8, 4) is 22.8 Å². The first-order valence-electron chi connectivity index (χ1n) is 13.8. The molecule has 4 N–H and O–H groups in total. The third-order valence-electron chi connectivity index (χ3n) is 7.06. The SMILES string of the molecule is C=CC(=O)N[C@H]1CCOC[C@H]1Nc1ncc2cc(-c3c(Cl)c(OC)cc(OC)c3Cl)nc(NCc3cnn(CCO)c3)c2n1. The lowest BCUT2D eigenvalue weighted by atomic mass is 10.0. The topological polar surface area (TPSA) is 158 Å². The Hall–Kier alpha value is -4.17. The summed E-state index contributed by atoms with van der Waals surface area (Å²) in [6.45, 7) is 5.14. The maximum absolute atomic E-state index is 12.0. The van der Waals surface area contributed by atoms with Gasteiger partial charge in [-0.05, 0) is 18.6 Å². The second-order valence-electron chi connectivity index (χ2n) is 9.89. The highest BCUT2D eigenvalue weighted by Gasteiger charge is 2.28. The van der Waals surface area contributed by atoms with Gasteiger partial charge < -0.3 is 35.3 Å². The Morgan fingerprint density at radius 3 is 2.66 bits per heavy atom. The molecule has 44 heavy (non-hydrogen) atoms. The number of aliphatic hydroxyl groups excluding tert-OH is 1. The predicted octanol–water partition coefficient (Wildman–Crippen LogP) is 3.69. The quantitative estimate of drug-likeness (QED) is 0.167. The number of nitrogens with zero attached hydrogens (tertiary/aromatic N) is 5. The van der Waals surface area contributed by atoms with Crippen molar-refractivity contribution in [1.29, 1.82) is 0 Å². The smallest absolute Gasteiger partial charge is 0.243 e. The minimum atomic E-state index is -0.270. The van der Waals surface area contributed by atoms with Crippen LogP contribution in [0.5, 0.6) is 11.5 Å². The molecule has 0 unspecified atom stereocenters. The van der Waals surface area contributed by atoms with Crippen LogP contribution in [0.1, 0.15) is 12.0 Å². The molecule has 1 aliphatic heterocycles. The zero-order valence-corrected chi connectivity index (χ0v) is 25.7. The number of anilines is 2. The van der Waals surface area contributed by atoms with E-state index in [9.17, 15) is 9.90 Å². The van der Waals surface area contributed by atoms with E-state index in [4.69, 9.17) is 47.4 Å². The first kappa shape index (κ1) is 31.3. The Labute approximate surface area is 263 Å². The van der Waals surface area contributed by atoms with Crippen molar-refractivity contribution in [2.24, 2.45) is 0 Å². The number of ether oxygens (including phenoxy) is 3. The molecule has 1 amide bonds. The highest BCUT2D eigenvalue weighted by molar-refractivity contribution is 6.41. The Bertz CT molecular complexity index is 1640. The molecule has 1 aliphatic rings. The summed E-state index contributed by atoms with van der Waals surface area (Å²) in [4.78, 5) is 26.2. The minimum absolute atomic E-state index is 0.0227. The van der Waals surface area contributed by atoms with Crippen molar-refractivity contribution in [2.75, 3.05) is 44.7 Å². The van der Waals surface area contributed by atoms with E-state index in [1.54, 1.807) is 29.2 Å². The van der Waals surface area contributed by atoms with Crippen LogP contribution in [0.15, 0.2) is 43.4 Å². The molecule has 0 spiro atoms. The summed E-state index contributed by atoms with van der Waals surface area (Å²) in [5, 5.41) is 24.3. The first-order chi connectivity index (χ1) is 21.3. The maximum Gasteiger partial charge on any atom is 0.243 e. The molecule has 0 aliphatic carbocycles. The Morgan fingerprint density at radius 1 is 1.18 bits per heavy atom. The molecular formula is C29H32Cl2N8O5. The Balaban J connectivity index is 1.55. The fourth-order valence-electron chi connectivity index (χ4n) is 4.84. The van der Waals surface area contributed by atoms with Gasteiger partial charge in [0.05, 0.1) is 68.0 Å². The van der Waals surface area contributed by atoms with Crippen LogP contribution in [0.3, 0.4) is 0 Å². The fourth-order valence-corrected chi connectivity index (χ4v) is 5.53. The number of nitrogens with one attached hydrogen (secondary N) is 3. The second-order valence-corrected chi connectivity index (χ2v) is 10.6. The van der Waals surface area contributed by atoms with Crippen molar-refractivity contribution in [1.82, 2.24) is 30.0 Å². The number of rotatable bonds is 12. The number of amides is 1. The van der Waals surface area contributed by atoms with E-state index in [0.717, 1.165) is 5.56 Å². The minimum Gasteiger partial charge on any atom is -0.495 e. The van der Waals surface area contributed by atoms with Crippen LogP contribution in [-0.4, -0.2) is 81.9 Å². The van der Waals surface area contributed by atoms with Crippen molar-refractivity contribution < 1.29 is 24.1 Å². The third kappa shape index (κ3) is 6.81. The summed E-state index contributed by atoms with van der Waals surface area (Å²) in [5.74, 6) is 1.25. The van der Waals surface area contributed by atoms with E-state index >= 15 is 0 Å². The molecule has 4 heterocycles. The average Bonchev–Trinajstić information content (AvgIpc) is 3.48. The van der Waals surface area contributed by atoms with Gasteiger partial charge in [-0.3, -0.25) is 9.48 Å². The van der Waals surface area contributed by atoms with Crippen molar-refractivity contribution in [2.45, 2.75) is 31.6 Å². The normalized spacial score (nSPS) is 16.4. The molecular weight excluding hydrogens is 611 g/mol. The molecule has 2 atom stereocenters. The highest BCUT2D eigenvalue weighted by atomic mass is 35.5. The first-order valence-corrected chi connectivity index (χ1v) is 14.5. The second kappa shape index (κ2) is 14.1. The molecule has 0 saturated carbocycles. The molecule has 0 radical (unpaired) electrons. The predicted molar refractivity (Wildman–Crippen MR) is 168 cm³/mol. The molecule has 1 saturated heterocycles. The van der Waals surface area contributed by atoms with Gasteiger partial charge in [-0.25, -0.2) is 15.0 Å². The van der Waals surface area contributed by atoms with Gasteiger partial charge >= 0.3 is 0 Å². The molecule has 4 aromatic rings. The Morgan fingerprint density at radius 2 is 1.95 bits per heavy atom. The summed E-state index contributed by atoms with van der Waals surface area (Å²) < 4.78 is 18.2. The number of benzene rings is 1. The van der Waals surface area contributed by atoms with Crippen LogP contribution in [0, 0.1) is 0 Å². The van der Waals surface area contributed by atoms with Gasteiger partial charge in [0.2, 0.25) is 11.9 Å². The van der Waals surface area contributed by atoms with Gasteiger partial charge in [0.1, 0.15) is 17.0 Å². The Kier molecular flexibility index (Phi) is 10.0. The van der Waals surface area contributed by atoms with Gasteiger partial charge in [-0.2, -0.15) is 5.10 Å². The molecule has 13 nitrogen and oxygen atoms in total. The zero-order valence-electron chi connectivity index (χ0n) is 24.1. The number of hydrogen-bond acceptors (Lipinski definition) is 11. The molecule has 3 aromatic heterocycles. The number of pyridine rings is 1. The van der Waals surface area contributed by atoms with Gasteiger partial charge in [0, 0.05) is 48.1 Å². The molecule has 1 fully saturated rings. The third-order valence-corrected chi connectivity index (χ3v) is 7.81. The number of aromatic nitrogens is 5. The van der Waals surface area contributed by atoms with E-state index in [-0.39, 0.29) is 34.6 Å². The van der Waals surface area contributed by atoms with Crippen LogP contribution in [-0.2, 0) is 22.6 Å². The molecule has 0 bridgehead atoms. The van der Waals surface area contributed by atoms with Crippen LogP contribution < -0.4 is 25.4 Å². The number of hydrogen-bond donors (Lipinski definition) is 4. The van der Waals surface area contributed by atoms with Gasteiger partial charge in [0.25, 0.3) is 0 Å². The maximum atomic E-state index is 12.0. The lowest BCUT2D eigenvalue weighted by Gasteiger charge is -2.32. The number of methoxy groups -OCH3 is 2. The largest absolute Gasteiger partial charge is 0.495 e. The van der Waals surface area contributed by atoms with Crippen molar-refractivity contribution in [3.05, 3.63) is 59.0 Å². The monoisotopic (exact) mass is 642 g/mol. The summed E-state index contributed by atoms with van der Waals surface area (Å²) in [6.07, 6.45) is 7.07. The summed E-state index contributed by atoms with van der Waals surface area (Å²) in [7, 11) is 3.01. The lowest BCUT2D eigenvalue weighted by Crippen LogP contribution is -2.52. The van der Waals surface area contributed by atoms with Crippen LogP contribution >= 0.6 is 23.2 Å². The number of carbonyl (C=O) groups excluding carboxylic acids is 1. The fraction of sp³-hybridized carbons (Fsp3) is 0.345. The van der Waals surface area contributed by atoms with E-state index in [1.807, 2.05) is 6.20 Å². The lowest BCUT2D eigenvalue weighted by molar-refractivity contribution is -0.117. The van der Waals surface area contributed by atoms with Crippen molar-refractivity contribution in [3.63, 3.8) is 0 Å². The van der Waals surface area contributed by atoms with Gasteiger partial charge in [0.15, 0.2) is 5.82 Å². The molecule has 5 rings (SSSR count). The van der Waals surface area contributed by atoms with E-state index in [2.05, 4.69) is 32.6 Å². The number of aliphatic hydroxyl groups is 1. The summed E-state index contributed by atoms with van der Waals surface area (Å²) in [6, 6.07) is 2.92. The van der Waals surface area contributed by atoms with Crippen LogP contribution in [0.25, 0.3) is 22.2 Å². The molecule has 232 valence electrons. The average molecular weight is 644 g/mol. The molecule has 15 heteroatoms. The van der Waals surface area contributed by atoms with Gasteiger partial charge in [-0.1, -0.05) is 29.8 Å². The van der Waals surface area contributed by atoms with Crippen LogP contribution in [0.2, 0.25) is 10.0 Å². The highest BCUT2D eigenvalue weighted by Crippen LogP contribution is 2.46. The van der Waals surface area contributed by atoms with Crippen LogP contribution in [0.4, 0.5) is 11.8 Å². The van der Waals surface area contributed by atoms with Gasteiger partial charge in [-0.15, -0.1) is 0 Å². The molecule has 1 aromatic carbocycles. The standard InChI is InChI=1S/C29H32Cl2N8O5/c1-4-23(41)35-18-5-8-44-15-20(18)37-29-33-13-17-9-19(24-25(30)21(42-2)10-22(43-3)26(24)31)36-28(27(17)38-29)32-11-16-12-34-39(14-16)6-7-40/h4,9-10,12-14,18,20,40H,1,5-8,11,15H2,2-3H3,(H,32,36)(H,35,41)(H,33,37,38)/t18-,20+/m0/s1. The number of carbonyl (C=O) groups is 1. The van der Waals surface area contributed by atoms with Crippen molar-refractivity contribution >= 4 is 51.8 Å². The van der Waals surface area contributed by atoms with E-state index in [1.165, 1.54) is 20.3 Å². The summed E-state index contributed by atoms with van der Waals surface area (Å²) in [5.41, 5.74) is 2.26. The number of halogens is 2.